The van der Waals surface area contributed by atoms with E-state index in [4.69, 9.17) is 0 Å². The van der Waals surface area contributed by atoms with Crippen molar-refractivity contribution < 1.29 is 9.18 Å². The number of carbonyl (C=O) groups excluding carboxylic acids is 1. The zero-order valence-corrected chi connectivity index (χ0v) is 7.67. The first-order chi connectivity index (χ1) is 6.19. The standard InChI is InChI=1S/C10H12FNO/c1-7(12-2)9-5-8(6-13)3-4-10(9)11/h3-7,12H,1-2H3. The maximum atomic E-state index is 13.2. The van der Waals surface area contributed by atoms with Gasteiger partial charge in [-0.2, -0.15) is 0 Å². The third-order valence-corrected chi connectivity index (χ3v) is 2.06. The molecular formula is C10H12FNO. The highest BCUT2D eigenvalue weighted by molar-refractivity contribution is 5.75. The molecule has 1 atom stereocenters. The fourth-order valence-corrected chi connectivity index (χ4v) is 1.12. The number of hydrogen-bond acceptors (Lipinski definition) is 2. The Morgan fingerprint density at radius 1 is 1.54 bits per heavy atom. The van der Waals surface area contributed by atoms with Crippen molar-refractivity contribution in [2.75, 3.05) is 7.05 Å². The molecule has 0 spiro atoms. The summed E-state index contributed by atoms with van der Waals surface area (Å²) in [4.78, 5) is 10.4. The van der Waals surface area contributed by atoms with Crippen molar-refractivity contribution in [2.24, 2.45) is 0 Å². The minimum atomic E-state index is -0.285. The normalized spacial score (nSPS) is 12.5. The van der Waals surface area contributed by atoms with Crippen LogP contribution in [0.4, 0.5) is 4.39 Å². The molecule has 1 N–H and O–H groups in total. The van der Waals surface area contributed by atoms with E-state index in [-0.39, 0.29) is 11.9 Å². The second-order valence-electron chi connectivity index (χ2n) is 2.91. The Bertz CT molecular complexity index is 312. The van der Waals surface area contributed by atoms with Crippen molar-refractivity contribution in [3.8, 4) is 0 Å². The maximum Gasteiger partial charge on any atom is 0.150 e. The summed E-state index contributed by atoms with van der Waals surface area (Å²) in [6.45, 7) is 1.84. The van der Waals surface area contributed by atoms with Gasteiger partial charge in [-0.15, -0.1) is 0 Å². The monoisotopic (exact) mass is 181 g/mol. The van der Waals surface area contributed by atoms with Gasteiger partial charge in [-0.1, -0.05) is 0 Å². The third-order valence-electron chi connectivity index (χ3n) is 2.06. The molecule has 1 aromatic carbocycles. The zero-order valence-electron chi connectivity index (χ0n) is 7.67. The van der Waals surface area contributed by atoms with Gasteiger partial charge in [-0.05, 0) is 32.2 Å². The molecule has 1 aromatic rings. The van der Waals surface area contributed by atoms with E-state index >= 15 is 0 Å². The minimum Gasteiger partial charge on any atom is -0.313 e. The lowest BCUT2D eigenvalue weighted by atomic mass is 10.1. The van der Waals surface area contributed by atoms with Crippen molar-refractivity contribution in [3.63, 3.8) is 0 Å². The Labute approximate surface area is 76.8 Å². The van der Waals surface area contributed by atoms with Gasteiger partial charge in [-0.25, -0.2) is 4.39 Å². The number of halogens is 1. The van der Waals surface area contributed by atoms with Crippen molar-refractivity contribution in [1.82, 2.24) is 5.32 Å². The molecule has 0 saturated heterocycles. The lowest BCUT2D eigenvalue weighted by Crippen LogP contribution is -2.14. The van der Waals surface area contributed by atoms with Gasteiger partial charge in [0.15, 0.2) is 0 Å². The molecule has 0 radical (unpaired) electrons. The molecule has 13 heavy (non-hydrogen) atoms. The molecule has 0 aliphatic rings. The predicted octanol–water partition coefficient (Wildman–Crippen LogP) is 1.92. The van der Waals surface area contributed by atoms with Gasteiger partial charge in [0.05, 0.1) is 0 Å². The van der Waals surface area contributed by atoms with E-state index in [1.54, 1.807) is 13.1 Å². The summed E-state index contributed by atoms with van der Waals surface area (Å²) in [5, 5.41) is 2.92. The molecule has 0 bridgehead atoms. The zero-order chi connectivity index (χ0) is 9.84. The van der Waals surface area contributed by atoms with Crippen LogP contribution in [0.3, 0.4) is 0 Å². The molecule has 0 aliphatic heterocycles. The number of benzene rings is 1. The summed E-state index contributed by atoms with van der Waals surface area (Å²) in [7, 11) is 1.75. The topological polar surface area (TPSA) is 29.1 Å². The Morgan fingerprint density at radius 2 is 2.23 bits per heavy atom. The first kappa shape index (κ1) is 9.86. The summed E-state index contributed by atoms with van der Waals surface area (Å²) >= 11 is 0. The summed E-state index contributed by atoms with van der Waals surface area (Å²) in [5.74, 6) is -0.285. The van der Waals surface area contributed by atoms with E-state index in [0.29, 0.717) is 17.4 Å². The maximum absolute atomic E-state index is 13.2. The molecule has 2 nitrogen and oxygen atoms in total. The van der Waals surface area contributed by atoms with E-state index in [0.717, 1.165) is 0 Å². The van der Waals surface area contributed by atoms with Crippen LogP contribution in [-0.4, -0.2) is 13.3 Å². The summed E-state index contributed by atoms with van der Waals surface area (Å²) < 4.78 is 13.2. The van der Waals surface area contributed by atoms with Gasteiger partial charge in [0, 0.05) is 17.2 Å². The highest BCUT2D eigenvalue weighted by Crippen LogP contribution is 2.17. The smallest absolute Gasteiger partial charge is 0.150 e. The van der Waals surface area contributed by atoms with Crippen molar-refractivity contribution in [3.05, 3.63) is 35.1 Å². The quantitative estimate of drug-likeness (QED) is 0.722. The average molecular weight is 181 g/mol. The first-order valence-electron chi connectivity index (χ1n) is 4.11. The third kappa shape index (κ3) is 2.12. The summed E-state index contributed by atoms with van der Waals surface area (Å²) in [6, 6.07) is 4.25. The molecule has 70 valence electrons. The van der Waals surface area contributed by atoms with E-state index in [2.05, 4.69) is 5.32 Å². The fraction of sp³-hybridized carbons (Fsp3) is 0.300. The molecule has 0 aliphatic carbocycles. The highest BCUT2D eigenvalue weighted by atomic mass is 19.1. The van der Waals surface area contributed by atoms with Crippen LogP contribution in [0.25, 0.3) is 0 Å². The molecule has 1 rings (SSSR count). The Morgan fingerprint density at radius 3 is 2.77 bits per heavy atom. The minimum absolute atomic E-state index is 0.0834. The number of hydrogen-bond donors (Lipinski definition) is 1. The Kier molecular flexibility index (Phi) is 3.14. The number of nitrogens with one attached hydrogen (secondary N) is 1. The van der Waals surface area contributed by atoms with Gasteiger partial charge in [0.25, 0.3) is 0 Å². The average Bonchev–Trinajstić information content (AvgIpc) is 2.17. The van der Waals surface area contributed by atoms with Crippen LogP contribution in [0.15, 0.2) is 18.2 Å². The van der Waals surface area contributed by atoms with Crippen LogP contribution in [0, 0.1) is 5.82 Å². The summed E-state index contributed by atoms with van der Waals surface area (Å²) in [6.07, 6.45) is 0.714. The van der Waals surface area contributed by atoms with Crippen molar-refractivity contribution in [1.29, 1.82) is 0 Å². The second kappa shape index (κ2) is 4.14. The van der Waals surface area contributed by atoms with Crippen LogP contribution in [0.5, 0.6) is 0 Å². The molecule has 1 unspecified atom stereocenters. The molecular weight excluding hydrogens is 169 g/mol. The first-order valence-corrected chi connectivity index (χ1v) is 4.11. The second-order valence-corrected chi connectivity index (χ2v) is 2.91. The van der Waals surface area contributed by atoms with Gasteiger partial charge >= 0.3 is 0 Å². The molecule has 0 heterocycles. The fourth-order valence-electron chi connectivity index (χ4n) is 1.12. The Hall–Kier alpha value is -1.22. The predicted molar refractivity (Wildman–Crippen MR) is 49.3 cm³/mol. The number of rotatable bonds is 3. The molecule has 0 aromatic heterocycles. The van der Waals surface area contributed by atoms with Crippen LogP contribution < -0.4 is 5.32 Å². The highest BCUT2D eigenvalue weighted by Gasteiger charge is 2.08. The number of carbonyl (C=O) groups is 1. The van der Waals surface area contributed by atoms with E-state index in [1.807, 2.05) is 6.92 Å². The largest absolute Gasteiger partial charge is 0.313 e. The van der Waals surface area contributed by atoms with Crippen molar-refractivity contribution in [2.45, 2.75) is 13.0 Å². The van der Waals surface area contributed by atoms with Gasteiger partial charge in [0.2, 0.25) is 0 Å². The van der Waals surface area contributed by atoms with Crippen LogP contribution >= 0.6 is 0 Å². The summed E-state index contributed by atoms with van der Waals surface area (Å²) in [5.41, 5.74) is 1.02. The van der Waals surface area contributed by atoms with Gasteiger partial charge in [0.1, 0.15) is 12.1 Å². The van der Waals surface area contributed by atoms with E-state index in [9.17, 15) is 9.18 Å². The van der Waals surface area contributed by atoms with Crippen LogP contribution in [0.2, 0.25) is 0 Å². The molecule has 0 fully saturated rings. The van der Waals surface area contributed by atoms with Crippen molar-refractivity contribution >= 4 is 6.29 Å². The van der Waals surface area contributed by atoms with Gasteiger partial charge in [-0.3, -0.25) is 4.79 Å². The lowest BCUT2D eigenvalue weighted by molar-refractivity contribution is 0.112. The Balaban J connectivity index is 3.10. The SMILES string of the molecule is CNC(C)c1cc(C=O)ccc1F. The molecule has 0 saturated carbocycles. The van der Waals surface area contributed by atoms with Crippen LogP contribution in [0.1, 0.15) is 28.9 Å². The van der Waals surface area contributed by atoms with E-state index < -0.39 is 0 Å². The lowest BCUT2D eigenvalue weighted by Gasteiger charge is -2.11. The van der Waals surface area contributed by atoms with Gasteiger partial charge < -0.3 is 5.32 Å². The van der Waals surface area contributed by atoms with Crippen LogP contribution in [-0.2, 0) is 0 Å². The number of aldehydes is 1. The van der Waals surface area contributed by atoms with E-state index in [1.165, 1.54) is 12.1 Å². The molecule has 3 heteroatoms. The molecule has 0 amide bonds.